The number of rotatable bonds is 8. The molecule has 36 heavy (non-hydrogen) atoms. The van der Waals surface area contributed by atoms with Gasteiger partial charge in [0.1, 0.15) is 10.8 Å². The summed E-state index contributed by atoms with van der Waals surface area (Å²) in [6, 6.07) is 30.1. The third-order valence-electron chi connectivity index (χ3n) is 5.83. The van der Waals surface area contributed by atoms with Crippen LogP contribution in [0.25, 0.3) is 20.8 Å². The quantitative estimate of drug-likeness (QED) is 0.240. The summed E-state index contributed by atoms with van der Waals surface area (Å²) in [5.41, 5.74) is 7.26. The second kappa shape index (κ2) is 10.6. The Morgan fingerprint density at radius 3 is 2.39 bits per heavy atom. The van der Waals surface area contributed by atoms with Gasteiger partial charge in [-0.3, -0.25) is 4.79 Å². The number of amides is 1. The first-order valence-corrected chi connectivity index (χ1v) is 12.6. The second-order valence-electron chi connectivity index (χ2n) is 8.73. The van der Waals surface area contributed by atoms with Crippen LogP contribution in [0.15, 0.2) is 91.0 Å². The first kappa shape index (κ1) is 23.6. The molecule has 0 radical (unpaired) electrons. The summed E-state index contributed by atoms with van der Waals surface area (Å²) in [6.45, 7) is 4.64. The Morgan fingerprint density at radius 1 is 0.861 bits per heavy atom. The third-order valence-corrected chi connectivity index (χ3v) is 6.89. The third kappa shape index (κ3) is 5.73. The maximum absolute atomic E-state index is 12.3. The van der Waals surface area contributed by atoms with Gasteiger partial charge in [-0.15, -0.1) is 11.3 Å². The molecule has 0 spiro atoms. The van der Waals surface area contributed by atoms with Crippen molar-refractivity contribution in [3.8, 4) is 16.3 Å². The summed E-state index contributed by atoms with van der Waals surface area (Å²) < 4.78 is 7.04. The van der Waals surface area contributed by atoms with Crippen molar-refractivity contribution in [3.05, 3.63) is 108 Å². The lowest BCUT2D eigenvalue weighted by Gasteiger charge is -2.13. The van der Waals surface area contributed by atoms with Gasteiger partial charge in [0, 0.05) is 29.0 Å². The first-order valence-electron chi connectivity index (χ1n) is 11.8. The van der Waals surface area contributed by atoms with Crippen molar-refractivity contribution in [3.63, 3.8) is 0 Å². The van der Waals surface area contributed by atoms with Gasteiger partial charge in [-0.05, 0) is 74.0 Å². The molecule has 0 atom stereocenters. The number of ether oxygens (including phenoxy) is 1. The van der Waals surface area contributed by atoms with E-state index in [1.54, 1.807) is 11.3 Å². The minimum absolute atomic E-state index is 0.0543. The highest BCUT2D eigenvalue weighted by molar-refractivity contribution is 7.21. The van der Waals surface area contributed by atoms with Crippen LogP contribution in [0.4, 0.5) is 11.4 Å². The topological polar surface area (TPSA) is 63.2 Å². The molecule has 2 N–H and O–H groups in total. The van der Waals surface area contributed by atoms with Gasteiger partial charge in [0.05, 0.1) is 10.2 Å². The lowest BCUT2D eigenvalue weighted by Crippen LogP contribution is -2.20. The summed E-state index contributed by atoms with van der Waals surface area (Å²) in [6.07, 6.45) is 0. The SMILES string of the molecule is Cc1ccc(NC(=O)COc2ccccc2CNc2ccc(-c3nc4ccc(C)cc4s3)cc2)cc1. The van der Waals surface area contributed by atoms with Gasteiger partial charge < -0.3 is 15.4 Å². The largest absolute Gasteiger partial charge is 0.483 e. The Morgan fingerprint density at radius 2 is 1.58 bits per heavy atom. The molecular weight excluding hydrogens is 466 g/mol. The Hall–Kier alpha value is -4.16. The van der Waals surface area contributed by atoms with Crippen LogP contribution < -0.4 is 15.4 Å². The minimum atomic E-state index is -0.192. The van der Waals surface area contributed by atoms with E-state index >= 15 is 0 Å². The van der Waals surface area contributed by atoms with Crippen molar-refractivity contribution in [2.24, 2.45) is 0 Å². The van der Waals surface area contributed by atoms with E-state index < -0.39 is 0 Å². The number of carbonyl (C=O) groups is 1. The van der Waals surface area contributed by atoms with E-state index in [1.807, 2.05) is 55.5 Å². The van der Waals surface area contributed by atoms with Gasteiger partial charge in [0.15, 0.2) is 6.61 Å². The van der Waals surface area contributed by atoms with E-state index in [0.717, 1.165) is 38.6 Å². The maximum atomic E-state index is 12.3. The average Bonchev–Trinajstić information content (AvgIpc) is 3.31. The average molecular weight is 494 g/mol. The molecule has 1 aromatic heterocycles. The summed E-state index contributed by atoms with van der Waals surface area (Å²) in [5.74, 6) is 0.493. The van der Waals surface area contributed by atoms with E-state index in [1.165, 1.54) is 10.3 Å². The van der Waals surface area contributed by atoms with Gasteiger partial charge in [0.25, 0.3) is 5.91 Å². The van der Waals surface area contributed by atoms with Crippen molar-refractivity contribution in [2.45, 2.75) is 20.4 Å². The summed E-state index contributed by atoms with van der Waals surface area (Å²) in [4.78, 5) is 17.1. The highest BCUT2D eigenvalue weighted by atomic mass is 32.1. The summed E-state index contributed by atoms with van der Waals surface area (Å²) in [5, 5.41) is 7.33. The normalized spacial score (nSPS) is 10.8. The fourth-order valence-corrected chi connectivity index (χ4v) is 4.92. The smallest absolute Gasteiger partial charge is 0.262 e. The molecule has 0 aliphatic rings. The van der Waals surface area contributed by atoms with E-state index in [9.17, 15) is 4.79 Å². The van der Waals surface area contributed by atoms with Crippen LogP contribution in [0.3, 0.4) is 0 Å². The predicted octanol–water partition coefficient (Wildman–Crippen LogP) is 7.21. The molecule has 180 valence electrons. The predicted molar refractivity (Wildman–Crippen MR) is 149 cm³/mol. The molecule has 1 amide bonds. The van der Waals surface area contributed by atoms with Crippen LogP contribution in [-0.2, 0) is 11.3 Å². The molecule has 0 saturated heterocycles. The number of hydrogen-bond acceptors (Lipinski definition) is 5. The Balaban J connectivity index is 1.19. The molecule has 5 nitrogen and oxygen atoms in total. The zero-order valence-electron chi connectivity index (χ0n) is 20.2. The van der Waals surface area contributed by atoms with Gasteiger partial charge in [-0.1, -0.05) is 42.0 Å². The van der Waals surface area contributed by atoms with Crippen LogP contribution in [0.2, 0.25) is 0 Å². The first-order chi connectivity index (χ1) is 17.5. The number of nitrogens with zero attached hydrogens (tertiary/aromatic N) is 1. The number of nitrogens with one attached hydrogen (secondary N) is 2. The number of anilines is 2. The Labute approximate surface area is 214 Å². The lowest BCUT2D eigenvalue weighted by atomic mass is 10.1. The van der Waals surface area contributed by atoms with Crippen LogP contribution in [-0.4, -0.2) is 17.5 Å². The highest BCUT2D eigenvalue weighted by Crippen LogP contribution is 2.31. The zero-order chi connectivity index (χ0) is 24.9. The highest BCUT2D eigenvalue weighted by Gasteiger charge is 2.09. The minimum Gasteiger partial charge on any atom is -0.483 e. The molecule has 5 rings (SSSR count). The van der Waals surface area contributed by atoms with E-state index in [0.29, 0.717) is 12.3 Å². The van der Waals surface area contributed by atoms with E-state index in [2.05, 4.69) is 60.0 Å². The van der Waals surface area contributed by atoms with Crippen LogP contribution in [0, 0.1) is 13.8 Å². The maximum Gasteiger partial charge on any atom is 0.262 e. The molecule has 0 saturated carbocycles. The molecule has 0 aliphatic carbocycles. The molecular formula is C30H27N3O2S. The molecule has 0 unspecified atom stereocenters. The van der Waals surface area contributed by atoms with Crippen LogP contribution >= 0.6 is 11.3 Å². The van der Waals surface area contributed by atoms with Gasteiger partial charge >= 0.3 is 0 Å². The molecule has 0 fully saturated rings. The van der Waals surface area contributed by atoms with Gasteiger partial charge in [-0.2, -0.15) is 0 Å². The van der Waals surface area contributed by atoms with Crippen molar-refractivity contribution < 1.29 is 9.53 Å². The number of hydrogen-bond donors (Lipinski definition) is 2. The number of aryl methyl sites for hydroxylation is 2. The van der Waals surface area contributed by atoms with Crippen molar-refractivity contribution in [2.75, 3.05) is 17.2 Å². The number of para-hydroxylation sites is 1. The molecule has 0 aliphatic heterocycles. The van der Waals surface area contributed by atoms with Crippen LogP contribution in [0.5, 0.6) is 5.75 Å². The standard InChI is InChI=1S/C30H27N3O2S/c1-20-7-12-25(13-8-20)32-29(34)19-35-27-6-4-3-5-23(27)18-31-24-14-10-22(11-15-24)30-33-26-16-9-21(2)17-28(26)36-30/h3-17,31H,18-19H2,1-2H3,(H,32,34). The second-order valence-corrected chi connectivity index (χ2v) is 9.76. The van der Waals surface area contributed by atoms with E-state index in [4.69, 9.17) is 9.72 Å². The van der Waals surface area contributed by atoms with E-state index in [-0.39, 0.29) is 12.5 Å². The van der Waals surface area contributed by atoms with Crippen molar-refractivity contribution in [1.29, 1.82) is 0 Å². The lowest BCUT2D eigenvalue weighted by molar-refractivity contribution is -0.118. The molecule has 0 bridgehead atoms. The summed E-state index contributed by atoms with van der Waals surface area (Å²) in [7, 11) is 0. The van der Waals surface area contributed by atoms with Crippen molar-refractivity contribution >= 4 is 38.8 Å². The fraction of sp³-hybridized carbons (Fsp3) is 0.133. The number of thiazole rings is 1. The molecule has 1 heterocycles. The molecule has 4 aromatic carbocycles. The van der Waals surface area contributed by atoms with Gasteiger partial charge in [-0.25, -0.2) is 4.98 Å². The number of aromatic nitrogens is 1. The van der Waals surface area contributed by atoms with Crippen LogP contribution in [0.1, 0.15) is 16.7 Å². The van der Waals surface area contributed by atoms with Gasteiger partial charge in [0.2, 0.25) is 0 Å². The zero-order valence-corrected chi connectivity index (χ0v) is 21.1. The number of fused-ring (bicyclic) bond motifs is 1. The molecule has 6 heteroatoms. The number of carbonyl (C=O) groups excluding carboxylic acids is 1. The molecule has 5 aromatic rings. The Kier molecular flexibility index (Phi) is 6.96. The fourth-order valence-electron chi connectivity index (χ4n) is 3.85. The summed E-state index contributed by atoms with van der Waals surface area (Å²) >= 11 is 1.71. The Bertz CT molecular complexity index is 1490. The number of benzene rings is 4. The van der Waals surface area contributed by atoms with Crippen molar-refractivity contribution in [1.82, 2.24) is 4.98 Å². The monoisotopic (exact) mass is 493 g/mol.